The number of carbonyl (C=O) groups is 1. The Labute approximate surface area is 96.5 Å². The Kier molecular flexibility index (Phi) is 3.57. The fourth-order valence-electron chi connectivity index (χ4n) is 2.22. The zero-order valence-corrected chi connectivity index (χ0v) is 9.65. The molecule has 0 aromatic heterocycles. The van der Waals surface area contributed by atoms with Gasteiger partial charge in [0.2, 0.25) is 0 Å². The second-order valence-corrected chi connectivity index (χ2v) is 4.10. The fourth-order valence-corrected chi connectivity index (χ4v) is 2.22. The summed E-state index contributed by atoms with van der Waals surface area (Å²) in [5.74, 6) is 0.150. The van der Waals surface area contributed by atoms with E-state index in [-0.39, 0.29) is 5.91 Å². The lowest BCUT2D eigenvalue weighted by molar-refractivity contribution is 0.0704. The molecule has 0 bridgehead atoms. The molecular formula is C13H18N2O. The Bertz CT molecular complexity index is 344. The summed E-state index contributed by atoms with van der Waals surface area (Å²) >= 11 is 0. The van der Waals surface area contributed by atoms with Crippen LogP contribution in [0.2, 0.25) is 0 Å². The maximum atomic E-state index is 12.3. The highest BCUT2D eigenvalue weighted by Crippen LogP contribution is 2.12. The van der Waals surface area contributed by atoms with Gasteiger partial charge in [-0.2, -0.15) is 0 Å². The van der Waals surface area contributed by atoms with Crippen molar-refractivity contribution in [1.82, 2.24) is 10.2 Å². The fraction of sp³-hybridized carbons (Fsp3) is 0.462. The van der Waals surface area contributed by atoms with Gasteiger partial charge < -0.3 is 10.2 Å². The van der Waals surface area contributed by atoms with Crippen molar-refractivity contribution in [3.05, 3.63) is 35.9 Å². The Morgan fingerprint density at radius 2 is 2.19 bits per heavy atom. The number of likely N-dealkylation sites (N-methyl/N-ethyl adjacent to an activating group) is 1. The van der Waals surface area contributed by atoms with E-state index in [0.29, 0.717) is 6.04 Å². The molecule has 3 heteroatoms. The normalized spacial score (nSPS) is 19.7. The van der Waals surface area contributed by atoms with Crippen molar-refractivity contribution in [2.24, 2.45) is 0 Å². The number of carbonyl (C=O) groups excluding carboxylic acids is 1. The van der Waals surface area contributed by atoms with Gasteiger partial charge in [-0.25, -0.2) is 0 Å². The molecule has 2 rings (SSSR count). The third-order valence-electron chi connectivity index (χ3n) is 3.10. The molecule has 1 saturated heterocycles. The Morgan fingerprint density at radius 3 is 2.75 bits per heavy atom. The van der Waals surface area contributed by atoms with Gasteiger partial charge in [0, 0.05) is 24.7 Å². The highest BCUT2D eigenvalue weighted by molar-refractivity contribution is 5.94. The van der Waals surface area contributed by atoms with E-state index in [2.05, 4.69) is 5.32 Å². The lowest BCUT2D eigenvalue weighted by Crippen LogP contribution is -2.41. The Hall–Kier alpha value is -1.35. The van der Waals surface area contributed by atoms with Crippen LogP contribution in [0.5, 0.6) is 0 Å². The molecule has 1 atom stereocenters. The maximum absolute atomic E-state index is 12.3. The minimum Gasteiger partial charge on any atom is -0.335 e. The van der Waals surface area contributed by atoms with Crippen molar-refractivity contribution in [1.29, 1.82) is 0 Å². The van der Waals surface area contributed by atoms with E-state index in [1.165, 1.54) is 0 Å². The van der Waals surface area contributed by atoms with E-state index in [4.69, 9.17) is 0 Å². The summed E-state index contributed by atoms with van der Waals surface area (Å²) in [7, 11) is 0. The number of rotatable bonds is 3. The topological polar surface area (TPSA) is 32.3 Å². The third-order valence-corrected chi connectivity index (χ3v) is 3.10. The van der Waals surface area contributed by atoms with E-state index in [0.717, 1.165) is 31.6 Å². The molecule has 1 N–H and O–H groups in total. The van der Waals surface area contributed by atoms with Crippen LogP contribution in [0.4, 0.5) is 0 Å². The summed E-state index contributed by atoms with van der Waals surface area (Å²) in [5.41, 5.74) is 0.788. The standard InChI is InChI=1S/C13H18N2O/c1-2-15(12-8-9-14-10-12)13(16)11-6-4-3-5-7-11/h3-7,12,14H,2,8-10H2,1H3. The number of hydrogen-bond donors (Lipinski definition) is 1. The molecule has 1 amide bonds. The first-order valence-electron chi connectivity index (χ1n) is 5.89. The van der Waals surface area contributed by atoms with Gasteiger partial charge in [0.05, 0.1) is 0 Å². The Balaban J connectivity index is 2.12. The average molecular weight is 218 g/mol. The molecule has 1 unspecified atom stereocenters. The summed E-state index contributed by atoms with van der Waals surface area (Å²) < 4.78 is 0. The summed E-state index contributed by atoms with van der Waals surface area (Å²) in [5, 5.41) is 3.30. The monoisotopic (exact) mass is 218 g/mol. The van der Waals surface area contributed by atoms with Crippen LogP contribution in [-0.2, 0) is 0 Å². The molecule has 1 aromatic rings. The predicted molar refractivity (Wildman–Crippen MR) is 64.4 cm³/mol. The van der Waals surface area contributed by atoms with Crippen molar-refractivity contribution in [2.45, 2.75) is 19.4 Å². The first-order valence-corrected chi connectivity index (χ1v) is 5.89. The van der Waals surface area contributed by atoms with Gasteiger partial charge in [-0.1, -0.05) is 18.2 Å². The van der Waals surface area contributed by atoms with Crippen molar-refractivity contribution >= 4 is 5.91 Å². The van der Waals surface area contributed by atoms with E-state index in [1.807, 2.05) is 42.2 Å². The van der Waals surface area contributed by atoms with Crippen molar-refractivity contribution in [3.63, 3.8) is 0 Å². The minimum absolute atomic E-state index is 0.150. The van der Waals surface area contributed by atoms with Crippen LogP contribution in [0.3, 0.4) is 0 Å². The molecule has 1 fully saturated rings. The number of nitrogens with zero attached hydrogens (tertiary/aromatic N) is 1. The first kappa shape index (κ1) is 11.1. The molecule has 0 aliphatic carbocycles. The van der Waals surface area contributed by atoms with Crippen molar-refractivity contribution in [3.8, 4) is 0 Å². The van der Waals surface area contributed by atoms with Crippen LogP contribution in [0.25, 0.3) is 0 Å². The molecule has 3 nitrogen and oxygen atoms in total. The van der Waals surface area contributed by atoms with E-state index < -0.39 is 0 Å². The van der Waals surface area contributed by atoms with Crippen LogP contribution >= 0.6 is 0 Å². The number of amides is 1. The summed E-state index contributed by atoms with van der Waals surface area (Å²) in [4.78, 5) is 14.2. The SMILES string of the molecule is CCN(C(=O)c1ccccc1)C1CCNC1. The van der Waals surface area contributed by atoms with Crippen molar-refractivity contribution in [2.75, 3.05) is 19.6 Å². The maximum Gasteiger partial charge on any atom is 0.254 e. The molecular weight excluding hydrogens is 200 g/mol. The molecule has 1 aliphatic rings. The largest absolute Gasteiger partial charge is 0.335 e. The van der Waals surface area contributed by atoms with Crippen LogP contribution < -0.4 is 5.32 Å². The highest BCUT2D eigenvalue weighted by atomic mass is 16.2. The number of benzene rings is 1. The molecule has 16 heavy (non-hydrogen) atoms. The predicted octanol–water partition coefficient (Wildman–Crippen LogP) is 1.51. The second-order valence-electron chi connectivity index (χ2n) is 4.10. The summed E-state index contributed by atoms with van der Waals surface area (Å²) in [6.45, 7) is 4.76. The van der Waals surface area contributed by atoms with Crippen LogP contribution in [0, 0.1) is 0 Å². The van der Waals surface area contributed by atoms with Gasteiger partial charge >= 0.3 is 0 Å². The smallest absolute Gasteiger partial charge is 0.254 e. The first-order chi connectivity index (χ1) is 7.83. The van der Waals surface area contributed by atoms with Gasteiger partial charge in [0.25, 0.3) is 5.91 Å². The van der Waals surface area contributed by atoms with Gasteiger partial charge in [-0.3, -0.25) is 4.79 Å². The molecule has 1 aliphatic heterocycles. The van der Waals surface area contributed by atoms with Gasteiger partial charge in [-0.15, -0.1) is 0 Å². The summed E-state index contributed by atoms with van der Waals surface area (Å²) in [6, 6.07) is 9.88. The molecule has 0 saturated carbocycles. The van der Waals surface area contributed by atoms with Gasteiger partial charge in [-0.05, 0) is 32.0 Å². The number of hydrogen-bond acceptors (Lipinski definition) is 2. The lowest BCUT2D eigenvalue weighted by Gasteiger charge is -2.27. The lowest BCUT2D eigenvalue weighted by atomic mass is 10.1. The third kappa shape index (κ3) is 2.25. The molecule has 0 spiro atoms. The molecule has 86 valence electrons. The van der Waals surface area contributed by atoms with Crippen molar-refractivity contribution < 1.29 is 4.79 Å². The second kappa shape index (κ2) is 5.12. The molecule has 1 aromatic carbocycles. The van der Waals surface area contributed by atoms with E-state index >= 15 is 0 Å². The van der Waals surface area contributed by atoms with E-state index in [1.54, 1.807) is 0 Å². The van der Waals surface area contributed by atoms with Gasteiger partial charge in [0.1, 0.15) is 0 Å². The average Bonchev–Trinajstić information content (AvgIpc) is 2.85. The Morgan fingerprint density at radius 1 is 1.44 bits per heavy atom. The van der Waals surface area contributed by atoms with Crippen LogP contribution in [0.1, 0.15) is 23.7 Å². The zero-order valence-electron chi connectivity index (χ0n) is 9.65. The summed E-state index contributed by atoms with van der Waals surface area (Å²) in [6.07, 6.45) is 1.06. The number of nitrogens with one attached hydrogen (secondary N) is 1. The van der Waals surface area contributed by atoms with E-state index in [9.17, 15) is 4.79 Å². The van der Waals surface area contributed by atoms with Gasteiger partial charge in [0.15, 0.2) is 0 Å². The zero-order chi connectivity index (χ0) is 11.4. The highest BCUT2D eigenvalue weighted by Gasteiger charge is 2.25. The minimum atomic E-state index is 0.150. The molecule has 1 heterocycles. The quantitative estimate of drug-likeness (QED) is 0.834. The van der Waals surface area contributed by atoms with Crippen LogP contribution in [-0.4, -0.2) is 36.5 Å². The molecule has 0 radical (unpaired) electrons. The van der Waals surface area contributed by atoms with Crippen LogP contribution in [0.15, 0.2) is 30.3 Å².